The van der Waals surface area contributed by atoms with Gasteiger partial charge in [0.05, 0.1) is 0 Å². The predicted octanol–water partition coefficient (Wildman–Crippen LogP) is 4.78. The van der Waals surface area contributed by atoms with Crippen LogP contribution in [-0.2, 0) is 0 Å². The van der Waals surface area contributed by atoms with Crippen molar-refractivity contribution in [3.63, 3.8) is 0 Å². The Morgan fingerprint density at radius 3 is 2.44 bits per heavy atom. The van der Waals surface area contributed by atoms with Crippen molar-refractivity contribution in [2.45, 2.75) is 27.2 Å². The molecule has 34 heavy (non-hydrogen) atoms. The molecule has 0 unspecified atom stereocenters. The molecule has 0 atom stereocenters. The summed E-state index contributed by atoms with van der Waals surface area (Å²) in [4.78, 5) is 34.5. The van der Waals surface area contributed by atoms with Crippen molar-refractivity contribution in [1.29, 1.82) is 0 Å². The van der Waals surface area contributed by atoms with E-state index in [2.05, 4.69) is 63.6 Å². The van der Waals surface area contributed by atoms with Crippen LogP contribution in [0.1, 0.15) is 36.3 Å². The molecule has 4 aromatic rings. The molecule has 1 amide bonds. The van der Waals surface area contributed by atoms with Crippen LogP contribution in [0.4, 0.5) is 11.5 Å². The second-order valence-corrected chi connectivity index (χ2v) is 8.38. The van der Waals surface area contributed by atoms with Gasteiger partial charge in [-0.15, -0.1) is 0 Å². The molecule has 1 heterocycles. The minimum absolute atomic E-state index is 0.309. The SMILES string of the molecule is CCN(CC)CCCNc1nc(=O)[nH]c(C)c1C(=O)Nc1cccc2cc3ccccc3cc12. The smallest absolute Gasteiger partial charge is 0.347 e. The number of H-pyrrole nitrogens is 1. The van der Waals surface area contributed by atoms with Crippen LogP contribution in [0.2, 0.25) is 0 Å². The van der Waals surface area contributed by atoms with Gasteiger partial charge >= 0.3 is 5.69 Å². The second-order valence-electron chi connectivity index (χ2n) is 8.38. The Labute approximate surface area is 199 Å². The molecule has 0 saturated carbocycles. The van der Waals surface area contributed by atoms with Crippen molar-refractivity contribution in [2.24, 2.45) is 0 Å². The lowest BCUT2D eigenvalue weighted by molar-refractivity contribution is 0.102. The fraction of sp³-hybridized carbons (Fsp3) is 0.296. The number of aromatic amines is 1. The predicted molar refractivity (Wildman–Crippen MR) is 140 cm³/mol. The molecule has 7 heteroatoms. The van der Waals surface area contributed by atoms with Crippen LogP contribution in [0.5, 0.6) is 0 Å². The van der Waals surface area contributed by atoms with Gasteiger partial charge in [0.1, 0.15) is 11.4 Å². The molecule has 0 fully saturated rings. The number of carbonyl (C=O) groups excluding carboxylic acids is 1. The van der Waals surface area contributed by atoms with Gasteiger partial charge in [-0.05, 0) is 67.3 Å². The first-order valence-corrected chi connectivity index (χ1v) is 11.8. The van der Waals surface area contributed by atoms with Gasteiger partial charge in [0.25, 0.3) is 5.91 Å². The van der Waals surface area contributed by atoms with Gasteiger partial charge in [-0.25, -0.2) is 4.79 Å². The summed E-state index contributed by atoms with van der Waals surface area (Å²) in [6.45, 7) is 9.53. The number of fused-ring (bicyclic) bond motifs is 2. The summed E-state index contributed by atoms with van der Waals surface area (Å²) in [5, 5.41) is 10.5. The van der Waals surface area contributed by atoms with Crippen LogP contribution >= 0.6 is 0 Å². The number of anilines is 2. The number of hydrogen-bond donors (Lipinski definition) is 3. The summed E-state index contributed by atoms with van der Waals surface area (Å²) in [7, 11) is 0. The topological polar surface area (TPSA) is 90.1 Å². The largest absolute Gasteiger partial charge is 0.369 e. The molecule has 1 aromatic heterocycles. The van der Waals surface area contributed by atoms with Crippen LogP contribution in [0.3, 0.4) is 0 Å². The number of carbonyl (C=O) groups is 1. The first-order valence-electron chi connectivity index (χ1n) is 11.8. The number of rotatable bonds is 9. The van der Waals surface area contributed by atoms with E-state index in [0.717, 1.165) is 47.6 Å². The van der Waals surface area contributed by atoms with Crippen molar-refractivity contribution in [1.82, 2.24) is 14.9 Å². The van der Waals surface area contributed by atoms with E-state index in [1.54, 1.807) is 6.92 Å². The van der Waals surface area contributed by atoms with Crippen molar-refractivity contribution >= 4 is 39.0 Å². The average molecular weight is 458 g/mol. The molecule has 0 saturated heterocycles. The number of benzene rings is 3. The van der Waals surface area contributed by atoms with E-state index in [1.807, 2.05) is 30.3 Å². The highest BCUT2D eigenvalue weighted by Crippen LogP contribution is 2.29. The number of aromatic nitrogens is 2. The van der Waals surface area contributed by atoms with Crippen LogP contribution in [0.15, 0.2) is 59.4 Å². The van der Waals surface area contributed by atoms with E-state index in [-0.39, 0.29) is 5.91 Å². The Balaban J connectivity index is 1.60. The van der Waals surface area contributed by atoms with Crippen LogP contribution < -0.4 is 16.3 Å². The molecule has 3 aromatic carbocycles. The number of nitrogens with zero attached hydrogens (tertiary/aromatic N) is 2. The third-order valence-corrected chi connectivity index (χ3v) is 6.18. The Morgan fingerprint density at radius 1 is 1.00 bits per heavy atom. The van der Waals surface area contributed by atoms with E-state index < -0.39 is 5.69 Å². The zero-order valence-corrected chi connectivity index (χ0v) is 19.9. The van der Waals surface area contributed by atoms with Crippen LogP contribution in [0.25, 0.3) is 21.5 Å². The number of nitrogens with one attached hydrogen (secondary N) is 3. The quantitative estimate of drug-likeness (QED) is 0.249. The van der Waals surface area contributed by atoms with Crippen LogP contribution in [0, 0.1) is 6.92 Å². The Morgan fingerprint density at radius 2 is 1.71 bits per heavy atom. The van der Waals surface area contributed by atoms with Gasteiger partial charge in [-0.1, -0.05) is 50.2 Å². The molecule has 0 radical (unpaired) electrons. The lowest BCUT2D eigenvalue weighted by Gasteiger charge is -2.18. The highest BCUT2D eigenvalue weighted by atomic mass is 16.2. The normalized spacial score (nSPS) is 11.3. The van der Waals surface area contributed by atoms with Gasteiger partial charge in [0.2, 0.25) is 0 Å². The van der Waals surface area contributed by atoms with E-state index in [0.29, 0.717) is 29.3 Å². The summed E-state index contributed by atoms with van der Waals surface area (Å²) in [5.74, 6) is -0.00265. The summed E-state index contributed by atoms with van der Waals surface area (Å²) >= 11 is 0. The van der Waals surface area contributed by atoms with E-state index in [1.165, 1.54) is 0 Å². The average Bonchev–Trinajstić information content (AvgIpc) is 2.82. The maximum Gasteiger partial charge on any atom is 0.347 e. The fourth-order valence-electron chi connectivity index (χ4n) is 4.30. The lowest BCUT2D eigenvalue weighted by Crippen LogP contribution is -2.27. The molecular weight excluding hydrogens is 426 g/mol. The summed E-state index contributed by atoms with van der Waals surface area (Å²) in [5.41, 5.74) is 1.07. The lowest BCUT2D eigenvalue weighted by atomic mass is 10.0. The number of hydrogen-bond acceptors (Lipinski definition) is 5. The zero-order valence-electron chi connectivity index (χ0n) is 19.9. The van der Waals surface area contributed by atoms with Gasteiger partial charge in [-0.2, -0.15) is 4.98 Å². The van der Waals surface area contributed by atoms with Crippen molar-refractivity contribution < 1.29 is 4.79 Å². The van der Waals surface area contributed by atoms with Crippen LogP contribution in [-0.4, -0.2) is 47.0 Å². The molecule has 7 nitrogen and oxygen atoms in total. The Kier molecular flexibility index (Phi) is 7.23. The van der Waals surface area contributed by atoms with E-state index >= 15 is 0 Å². The van der Waals surface area contributed by atoms with Crippen molar-refractivity contribution in [3.05, 3.63) is 76.3 Å². The third-order valence-electron chi connectivity index (χ3n) is 6.18. The van der Waals surface area contributed by atoms with Crippen molar-refractivity contribution in [2.75, 3.05) is 36.8 Å². The molecule has 0 bridgehead atoms. The standard InChI is InChI=1S/C27H31N5O2/c1-4-32(5-2)15-9-14-28-25-24(18(3)29-27(34)31-25)26(33)30-23-13-8-12-21-16-19-10-6-7-11-20(19)17-22(21)23/h6-8,10-13,16-17H,4-5,9,14-15H2,1-3H3,(H,30,33)(H2,28,29,31,34). The summed E-state index contributed by atoms with van der Waals surface area (Å²) in [6.07, 6.45) is 0.882. The Bertz CT molecular complexity index is 1370. The van der Waals surface area contributed by atoms with Gasteiger partial charge < -0.3 is 20.5 Å². The highest BCUT2D eigenvalue weighted by Gasteiger charge is 2.18. The maximum absolute atomic E-state index is 13.4. The summed E-state index contributed by atoms with van der Waals surface area (Å²) < 4.78 is 0. The molecular formula is C27H31N5O2. The molecule has 4 rings (SSSR count). The number of amides is 1. The van der Waals surface area contributed by atoms with E-state index in [4.69, 9.17) is 0 Å². The van der Waals surface area contributed by atoms with E-state index in [9.17, 15) is 9.59 Å². The van der Waals surface area contributed by atoms with Gasteiger partial charge in [0.15, 0.2) is 0 Å². The Hall–Kier alpha value is -3.71. The molecule has 176 valence electrons. The minimum atomic E-state index is -0.475. The molecule has 0 aliphatic rings. The molecule has 0 aliphatic carbocycles. The second kappa shape index (κ2) is 10.5. The molecule has 3 N–H and O–H groups in total. The highest BCUT2D eigenvalue weighted by molar-refractivity contribution is 6.13. The molecule has 0 aliphatic heterocycles. The third kappa shape index (κ3) is 5.10. The first-order chi connectivity index (χ1) is 16.5. The van der Waals surface area contributed by atoms with Gasteiger partial charge in [0, 0.05) is 23.3 Å². The summed E-state index contributed by atoms with van der Waals surface area (Å²) in [6, 6.07) is 18.2. The molecule has 0 spiro atoms. The maximum atomic E-state index is 13.4. The minimum Gasteiger partial charge on any atom is -0.369 e. The zero-order chi connectivity index (χ0) is 24.1. The van der Waals surface area contributed by atoms with Crippen molar-refractivity contribution in [3.8, 4) is 0 Å². The van der Waals surface area contributed by atoms with Gasteiger partial charge in [-0.3, -0.25) is 4.79 Å². The monoisotopic (exact) mass is 457 g/mol. The fourth-order valence-corrected chi connectivity index (χ4v) is 4.30. The first kappa shape index (κ1) is 23.4. The number of aryl methyl sites for hydroxylation is 1.